The Bertz CT molecular complexity index is 30.1. The van der Waals surface area contributed by atoms with Crippen LogP contribution in [-0.2, 0) is 0 Å². The van der Waals surface area contributed by atoms with E-state index in [-0.39, 0.29) is 6.61 Å². The van der Waals surface area contributed by atoms with Crippen molar-refractivity contribution in [2.45, 2.75) is 40.4 Å². The van der Waals surface area contributed by atoms with Gasteiger partial charge in [-0.1, -0.05) is 20.3 Å². The first-order valence-corrected chi connectivity index (χ1v) is 3.53. The maximum atomic E-state index is 7.61. The van der Waals surface area contributed by atoms with Crippen molar-refractivity contribution in [2.75, 3.05) is 6.61 Å². The largest absolute Gasteiger partial charge is 0.397 e. The molecule has 0 aliphatic rings. The molecule has 0 spiro atoms. The molecular formula is C7H20O3Rf. The van der Waals surface area contributed by atoms with Crippen molar-refractivity contribution in [1.82, 2.24) is 0 Å². The maximum absolute atomic E-state index is 7.61. The van der Waals surface area contributed by atoms with Crippen LogP contribution in [0.4, 0.5) is 0 Å². The zero-order valence-electron chi connectivity index (χ0n) is 8.04. The average Bonchev–Trinajstić information content (AvgIpc) is 1.65. The number of hydrogen-bond donors (Lipinski definition) is 3. The number of rotatable bonds is 0. The zero-order chi connectivity index (χ0) is 8.99. The van der Waals surface area contributed by atoms with Crippen molar-refractivity contribution in [3.05, 3.63) is 0 Å². The second-order valence-electron chi connectivity index (χ2n) is 1.66. The third-order valence-electron chi connectivity index (χ3n) is 0. The third-order valence-corrected chi connectivity index (χ3v) is 0. The van der Waals surface area contributed by atoms with Crippen LogP contribution in [0.5, 0.6) is 0 Å². The summed E-state index contributed by atoms with van der Waals surface area (Å²) in [5.41, 5.74) is 0. The minimum absolute atomic E-state index is 0. The van der Waals surface area contributed by atoms with Crippen LogP contribution in [0.2, 0.25) is 0 Å². The monoisotopic (exact) mass is 419 g/mol. The number of hydrogen-bond acceptors (Lipinski definition) is 3. The smallest absolute Gasteiger partial charge is 0.148 e. The van der Waals surface area contributed by atoms with E-state index < -0.39 is 6.29 Å². The van der Waals surface area contributed by atoms with Gasteiger partial charge in [0.05, 0.1) is 0 Å². The van der Waals surface area contributed by atoms with Gasteiger partial charge in [-0.25, -0.2) is 0 Å². The minimum atomic E-state index is -1.17. The second-order valence-corrected chi connectivity index (χ2v) is 1.66. The molecule has 0 bridgehead atoms. The molecule has 3 nitrogen and oxygen atoms in total. The number of aliphatic hydroxyl groups excluding tert-OH is 2. The Morgan fingerprint density at radius 1 is 1.09 bits per heavy atom. The van der Waals surface area contributed by atoms with Crippen LogP contribution in [0.1, 0.15) is 34.1 Å². The second kappa shape index (κ2) is 36.6. The first kappa shape index (κ1) is 22.5. The van der Waals surface area contributed by atoms with Gasteiger partial charge in [-0.05, 0) is 13.8 Å². The molecule has 68 valence electrons. The van der Waals surface area contributed by atoms with Gasteiger partial charge in [0.15, 0.2) is 0 Å². The molecule has 0 aromatic rings. The summed E-state index contributed by atoms with van der Waals surface area (Å²) in [6, 6.07) is 0. The van der Waals surface area contributed by atoms with Gasteiger partial charge in [0.25, 0.3) is 0 Å². The van der Waals surface area contributed by atoms with E-state index >= 15 is 0 Å². The fourth-order valence-corrected chi connectivity index (χ4v) is 0. The predicted octanol–water partition coefficient (Wildman–Crippen LogP) is 0.732. The normalized spacial score (nSPS) is 6.55. The first-order chi connectivity index (χ1) is 4.56. The molecule has 0 radical (unpaired) electrons. The summed E-state index contributed by atoms with van der Waals surface area (Å²) in [7, 11) is 0. The molecule has 0 saturated carbocycles. The molecule has 11 heavy (non-hydrogen) atoms. The fraction of sp³-hybridized carbons (Fsp3) is 1.00. The van der Waals surface area contributed by atoms with Crippen molar-refractivity contribution in [3.63, 3.8) is 0 Å². The Labute approximate surface area is 63.3 Å². The molecule has 0 aromatic heterocycles. The summed E-state index contributed by atoms with van der Waals surface area (Å²) in [4.78, 5) is 0. The summed E-state index contributed by atoms with van der Waals surface area (Å²) < 4.78 is 0. The fourth-order valence-electron chi connectivity index (χ4n) is 0. The molecule has 0 amide bonds. The minimum Gasteiger partial charge on any atom is -0.397 e. The Kier molecular flexibility index (Phi) is 75.0. The predicted molar refractivity (Wildman–Crippen MR) is 42.6 cm³/mol. The maximum Gasteiger partial charge on any atom is 0.148 e. The summed E-state index contributed by atoms with van der Waals surface area (Å²) in [5, 5.41) is 22.8. The van der Waals surface area contributed by atoms with Gasteiger partial charge in [0.1, 0.15) is 6.29 Å². The SMILES string of the molecule is CC(O)O.CCC.CCO.[Rf]. The van der Waals surface area contributed by atoms with E-state index in [1.807, 2.05) is 0 Å². The third kappa shape index (κ3) is 335. The van der Waals surface area contributed by atoms with E-state index in [0.29, 0.717) is 0 Å². The van der Waals surface area contributed by atoms with Crippen LogP contribution in [0.15, 0.2) is 0 Å². The van der Waals surface area contributed by atoms with Crippen molar-refractivity contribution in [2.24, 2.45) is 0 Å². The Morgan fingerprint density at radius 3 is 1.09 bits per heavy atom. The van der Waals surface area contributed by atoms with Crippen molar-refractivity contribution >= 4 is 0 Å². The summed E-state index contributed by atoms with van der Waals surface area (Å²) >= 11 is 0. The standard InChI is InChI=1S/C3H8.C2H6O2.C2H6O.Rf/c1-3-2;1-2(3)4;1-2-3;/h3H2,1-2H3;2-4H,1H3;3H,2H2,1H3;. The van der Waals surface area contributed by atoms with Crippen LogP contribution in [0.25, 0.3) is 0 Å². The van der Waals surface area contributed by atoms with Crippen LogP contribution < -0.4 is 0 Å². The molecule has 0 rings (SSSR count). The number of aliphatic hydroxyl groups is 3. The van der Waals surface area contributed by atoms with E-state index in [2.05, 4.69) is 13.8 Å². The van der Waals surface area contributed by atoms with Gasteiger partial charge in [-0.2, -0.15) is 0 Å². The quantitative estimate of drug-likeness (QED) is 0.508. The summed E-state index contributed by atoms with van der Waals surface area (Å²) in [6.07, 6.45) is 0.0833. The van der Waals surface area contributed by atoms with Gasteiger partial charge in [0.2, 0.25) is 0 Å². The Hall–Kier alpha value is -1.12. The molecule has 0 aromatic carbocycles. The van der Waals surface area contributed by atoms with Crippen LogP contribution in [0, 0.1) is 0 Å². The van der Waals surface area contributed by atoms with Gasteiger partial charge in [-0.15, -0.1) is 0 Å². The zero-order valence-corrected chi connectivity index (χ0v) is 14.4. The molecule has 0 heterocycles. The van der Waals surface area contributed by atoms with Gasteiger partial charge >= 0.3 is 0 Å². The van der Waals surface area contributed by atoms with E-state index in [4.69, 9.17) is 15.3 Å². The van der Waals surface area contributed by atoms with Crippen LogP contribution >= 0.6 is 0 Å². The molecule has 0 saturated heterocycles. The van der Waals surface area contributed by atoms with E-state index in [0.717, 1.165) is 0 Å². The van der Waals surface area contributed by atoms with Gasteiger partial charge < -0.3 is 15.3 Å². The average molecular weight is 419 g/mol. The summed E-state index contributed by atoms with van der Waals surface area (Å²) in [5.74, 6) is 0. The van der Waals surface area contributed by atoms with Crippen LogP contribution in [-0.4, -0.2) is 28.2 Å². The molecule has 0 atom stereocenters. The van der Waals surface area contributed by atoms with Gasteiger partial charge in [0, 0.05) is 6.61 Å². The topological polar surface area (TPSA) is 60.7 Å². The van der Waals surface area contributed by atoms with Crippen molar-refractivity contribution in [1.29, 1.82) is 0 Å². The molecule has 0 aliphatic carbocycles. The van der Waals surface area contributed by atoms with Crippen molar-refractivity contribution in [3.8, 4) is 0 Å². The molecular weight excluding hydrogens is 399 g/mol. The van der Waals surface area contributed by atoms with E-state index in [1.165, 1.54) is 13.3 Å². The molecule has 0 aliphatic heterocycles. The summed E-state index contributed by atoms with van der Waals surface area (Å²) in [6.45, 7) is 7.46. The van der Waals surface area contributed by atoms with Gasteiger partial charge in [-0.3, -0.25) is 0 Å². The molecule has 0 fully saturated rings. The molecule has 4 heteroatoms. The Balaban J connectivity index is -0.0000000325. The Morgan fingerprint density at radius 2 is 1.09 bits per heavy atom. The first-order valence-electron chi connectivity index (χ1n) is 3.53. The van der Waals surface area contributed by atoms with E-state index in [9.17, 15) is 0 Å². The molecule has 0 unspecified atom stereocenters. The molecule has 3 N–H and O–H groups in total. The van der Waals surface area contributed by atoms with Crippen LogP contribution in [0.3, 0.4) is 0 Å². The van der Waals surface area contributed by atoms with E-state index in [1.54, 1.807) is 6.92 Å². The van der Waals surface area contributed by atoms with Crippen molar-refractivity contribution < 1.29 is 15.3 Å².